The summed E-state index contributed by atoms with van der Waals surface area (Å²) in [6.45, 7) is 0.0942. The van der Waals surface area contributed by atoms with E-state index in [-0.39, 0.29) is 12.5 Å². The van der Waals surface area contributed by atoms with Gasteiger partial charge in [-0.1, -0.05) is 12.1 Å². The zero-order chi connectivity index (χ0) is 15.1. The lowest BCUT2D eigenvalue weighted by molar-refractivity contribution is -0.118. The fourth-order valence-electron chi connectivity index (χ4n) is 2.59. The molecule has 2 heterocycles. The number of ether oxygens (including phenoxy) is 1. The number of hydrogen-bond donors (Lipinski definition) is 1. The van der Waals surface area contributed by atoms with Crippen molar-refractivity contribution in [3.8, 4) is 5.75 Å². The van der Waals surface area contributed by atoms with E-state index < -0.39 is 0 Å². The monoisotopic (exact) mass is 421 g/mol. The molecule has 4 rings (SSSR count). The molecule has 2 aliphatic heterocycles. The van der Waals surface area contributed by atoms with E-state index in [1.165, 1.54) is 19.6 Å². The Balaban J connectivity index is 1.72. The van der Waals surface area contributed by atoms with Crippen molar-refractivity contribution >= 4 is 57.6 Å². The number of benzene rings is 2. The van der Waals surface area contributed by atoms with Gasteiger partial charge in [0, 0.05) is 14.2 Å². The third-order valence-electron chi connectivity index (χ3n) is 3.67. The summed E-state index contributed by atoms with van der Waals surface area (Å²) >= 11 is 4.19. The molecule has 0 fully saturated rings. The molecule has 22 heavy (non-hydrogen) atoms. The van der Waals surface area contributed by atoms with Crippen LogP contribution in [0.5, 0.6) is 5.75 Å². The molecule has 0 radical (unpaired) electrons. The summed E-state index contributed by atoms with van der Waals surface area (Å²) in [5.74, 6) is 1.57. The van der Waals surface area contributed by atoms with Gasteiger partial charge in [0.2, 0.25) is 0 Å². The molecular formula is C17H12INO2S. The summed E-state index contributed by atoms with van der Waals surface area (Å²) in [5, 5.41) is 2.87. The smallest absolute Gasteiger partial charge is 0.262 e. The van der Waals surface area contributed by atoms with Crippen molar-refractivity contribution in [1.82, 2.24) is 0 Å². The van der Waals surface area contributed by atoms with Crippen molar-refractivity contribution in [2.24, 2.45) is 0 Å². The molecule has 1 amide bonds. The highest BCUT2D eigenvalue weighted by atomic mass is 127. The first-order valence-corrected chi connectivity index (χ1v) is 8.95. The number of halogens is 1. The van der Waals surface area contributed by atoms with Crippen LogP contribution in [-0.2, 0) is 4.79 Å². The average Bonchev–Trinajstić information content (AvgIpc) is 2.53. The molecule has 0 bridgehead atoms. The molecule has 0 aromatic heterocycles. The van der Waals surface area contributed by atoms with E-state index in [1.54, 1.807) is 0 Å². The summed E-state index contributed by atoms with van der Waals surface area (Å²) in [6.07, 6.45) is 2.23. The maximum absolute atomic E-state index is 11.5. The van der Waals surface area contributed by atoms with E-state index in [4.69, 9.17) is 4.74 Å². The standard InChI is InChI=1S/C17H12INO2S/c18-13-3-1-11-5-12(9-22-16(11)7-13)10-2-4-15-14(6-10)19-17(20)8-21-15/h1-7H,8-9H2,(H,19,20). The molecule has 0 saturated carbocycles. The predicted molar refractivity (Wildman–Crippen MR) is 98.3 cm³/mol. The van der Waals surface area contributed by atoms with Crippen molar-refractivity contribution in [2.45, 2.75) is 4.90 Å². The molecule has 2 aromatic rings. The Hall–Kier alpha value is -1.47. The normalized spacial score (nSPS) is 16.0. The molecule has 0 spiro atoms. The van der Waals surface area contributed by atoms with Crippen molar-refractivity contribution < 1.29 is 9.53 Å². The number of fused-ring (bicyclic) bond motifs is 2. The first-order valence-electron chi connectivity index (χ1n) is 6.89. The predicted octanol–water partition coefficient (Wildman–Crippen LogP) is 4.27. The van der Waals surface area contributed by atoms with Crippen LogP contribution < -0.4 is 10.1 Å². The first-order chi connectivity index (χ1) is 10.7. The van der Waals surface area contributed by atoms with E-state index in [2.05, 4.69) is 58.2 Å². The number of nitrogens with one attached hydrogen (secondary N) is 1. The molecule has 2 aliphatic rings. The minimum absolute atomic E-state index is 0.0942. The van der Waals surface area contributed by atoms with Gasteiger partial charge < -0.3 is 10.1 Å². The van der Waals surface area contributed by atoms with Gasteiger partial charge in [-0.15, -0.1) is 11.8 Å². The maximum atomic E-state index is 11.5. The zero-order valence-electron chi connectivity index (χ0n) is 11.6. The van der Waals surface area contributed by atoms with Gasteiger partial charge in [0.05, 0.1) is 5.69 Å². The van der Waals surface area contributed by atoms with E-state index in [1.807, 2.05) is 23.9 Å². The maximum Gasteiger partial charge on any atom is 0.262 e. The Kier molecular flexibility index (Phi) is 3.62. The fourth-order valence-corrected chi connectivity index (χ4v) is 4.35. The summed E-state index contributed by atoms with van der Waals surface area (Å²) in [7, 11) is 0. The van der Waals surface area contributed by atoms with Crippen LogP contribution in [0.4, 0.5) is 5.69 Å². The third kappa shape index (κ3) is 2.63. The second kappa shape index (κ2) is 5.62. The highest BCUT2D eigenvalue weighted by Gasteiger charge is 2.18. The summed E-state index contributed by atoms with van der Waals surface area (Å²) in [5.41, 5.74) is 4.40. The minimum Gasteiger partial charge on any atom is -0.482 e. The van der Waals surface area contributed by atoms with Gasteiger partial charge >= 0.3 is 0 Å². The largest absolute Gasteiger partial charge is 0.482 e. The Labute approximate surface area is 146 Å². The minimum atomic E-state index is -0.100. The lowest BCUT2D eigenvalue weighted by atomic mass is 10.0. The van der Waals surface area contributed by atoms with Crippen LogP contribution in [0.25, 0.3) is 11.6 Å². The Bertz CT molecular complexity index is 816. The number of carbonyl (C=O) groups excluding carboxylic acids is 1. The Morgan fingerprint density at radius 2 is 2.09 bits per heavy atom. The number of amides is 1. The highest BCUT2D eigenvalue weighted by molar-refractivity contribution is 14.1. The summed E-state index contributed by atoms with van der Waals surface area (Å²) in [4.78, 5) is 12.8. The molecule has 2 aromatic carbocycles. The SMILES string of the molecule is O=C1COc2ccc(C3=Cc4ccc(I)cc4SC3)cc2N1. The van der Waals surface area contributed by atoms with E-state index in [0.717, 1.165) is 22.8 Å². The second-order valence-corrected chi connectivity index (χ2v) is 7.45. The third-order valence-corrected chi connectivity index (χ3v) is 5.46. The summed E-state index contributed by atoms with van der Waals surface area (Å²) < 4.78 is 6.67. The number of hydrogen-bond acceptors (Lipinski definition) is 3. The van der Waals surface area contributed by atoms with Crippen molar-refractivity contribution in [3.05, 3.63) is 51.1 Å². The molecule has 3 nitrogen and oxygen atoms in total. The van der Waals surface area contributed by atoms with Crippen LogP contribution in [0.1, 0.15) is 11.1 Å². The van der Waals surface area contributed by atoms with Crippen molar-refractivity contribution in [1.29, 1.82) is 0 Å². The lowest BCUT2D eigenvalue weighted by Gasteiger charge is -2.21. The molecule has 0 saturated heterocycles. The highest BCUT2D eigenvalue weighted by Crippen LogP contribution is 2.38. The lowest BCUT2D eigenvalue weighted by Crippen LogP contribution is -2.25. The fraction of sp³-hybridized carbons (Fsp3) is 0.118. The number of carbonyl (C=O) groups is 1. The van der Waals surface area contributed by atoms with Crippen LogP contribution in [0.3, 0.4) is 0 Å². The molecular weight excluding hydrogens is 409 g/mol. The number of rotatable bonds is 1. The molecule has 0 aliphatic carbocycles. The van der Waals surface area contributed by atoms with Gasteiger partial charge in [0.1, 0.15) is 5.75 Å². The summed E-state index contributed by atoms with van der Waals surface area (Å²) in [6, 6.07) is 12.5. The van der Waals surface area contributed by atoms with Gasteiger partial charge in [-0.2, -0.15) is 0 Å². The van der Waals surface area contributed by atoms with Crippen LogP contribution >= 0.6 is 34.4 Å². The molecule has 110 valence electrons. The van der Waals surface area contributed by atoms with Crippen LogP contribution in [-0.4, -0.2) is 18.3 Å². The van der Waals surface area contributed by atoms with Crippen LogP contribution in [0, 0.1) is 3.57 Å². The molecule has 5 heteroatoms. The first kappa shape index (κ1) is 14.1. The zero-order valence-corrected chi connectivity index (χ0v) is 14.5. The Morgan fingerprint density at radius 1 is 1.18 bits per heavy atom. The Morgan fingerprint density at radius 3 is 3.00 bits per heavy atom. The molecule has 0 unspecified atom stereocenters. The van der Waals surface area contributed by atoms with Gasteiger partial charge in [0.25, 0.3) is 5.91 Å². The van der Waals surface area contributed by atoms with Crippen molar-refractivity contribution in [3.63, 3.8) is 0 Å². The second-order valence-electron chi connectivity index (χ2n) is 5.19. The van der Waals surface area contributed by atoms with E-state index in [9.17, 15) is 4.79 Å². The van der Waals surface area contributed by atoms with Gasteiger partial charge in [-0.05, 0) is 69.6 Å². The van der Waals surface area contributed by atoms with Gasteiger partial charge in [-0.25, -0.2) is 0 Å². The van der Waals surface area contributed by atoms with Crippen LogP contribution in [0.15, 0.2) is 41.3 Å². The average molecular weight is 421 g/mol. The molecule has 0 atom stereocenters. The van der Waals surface area contributed by atoms with Gasteiger partial charge in [0.15, 0.2) is 6.61 Å². The van der Waals surface area contributed by atoms with Crippen LogP contribution in [0.2, 0.25) is 0 Å². The quantitative estimate of drug-likeness (QED) is 0.700. The van der Waals surface area contributed by atoms with E-state index in [0.29, 0.717) is 0 Å². The molecule has 1 N–H and O–H groups in total. The van der Waals surface area contributed by atoms with Crippen molar-refractivity contribution in [2.75, 3.05) is 17.7 Å². The van der Waals surface area contributed by atoms with E-state index >= 15 is 0 Å². The topological polar surface area (TPSA) is 38.3 Å². The van der Waals surface area contributed by atoms with Gasteiger partial charge in [-0.3, -0.25) is 4.79 Å². The number of thioether (sulfide) groups is 1. The number of anilines is 1.